The third kappa shape index (κ3) is 3.60. The lowest BCUT2D eigenvalue weighted by atomic mass is 9.95. The molecule has 1 heterocycles. The minimum Gasteiger partial charge on any atom is -0.872 e. The summed E-state index contributed by atoms with van der Waals surface area (Å²) in [6.07, 6.45) is 0. The van der Waals surface area contributed by atoms with Crippen LogP contribution in [-0.4, -0.2) is 29.9 Å². The number of nitrogens with zero attached hydrogens (tertiary/aromatic N) is 1. The number of aromatic carboxylic acids is 1. The van der Waals surface area contributed by atoms with Crippen LogP contribution in [0.5, 0.6) is 5.75 Å². The number of carbonyl (C=O) groups excluding carboxylic acids is 2. The number of rotatable bonds is 5. The van der Waals surface area contributed by atoms with E-state index in [-0.39, 0.29) is 11.1 Å². The van der Waals surface area contributed by atoms with Crippen LogP contribution < -0.4 is 14.7 Å². The molecular weight excluding hydrogens is 410 g/mol. The number of carboxylic acids is 1. The van der Waals surface area contributed by atoms with Crippen LogP contribution in [0.4, 0.5) is 5.69 Å². The van der Waals surface area contributed by atoms with Crippen LogP contribution in [0.25, 0.3) is 5.76 Å². The molecule has 0 spiro atoms. The van der Waals surface area contributed by atoms with E-state index in [2.05, 4.69) is 0 Å². The van der Waals surface area contributed by atoms with Crippen LogP contribution in [-0.2, 0) is 9.59 Å². The van der Waals surface area contributed by atoms with Gasteiger partial charge < -0.3 is 14.9 Å². The summed E-state index contributed by atoms with van der Waals surface area (Å²) < 4.78 is 5.19. The third-order valence-electron chi connectivity index (χ3n) is 5.29. The lowest BCUT2D eigenvalue weighted by Gasteiger charge is -2.27. The molecule has 0 bridgehead atoms. The number of benzene rings is 3. The first-order valence-corrected chi connectivity index (χ1v) is 9.74. The van der Waals surface area contributed by atoms with Gasteiger partial charge in [-0.2, -0.15) is 0 Å². The molecule has 1 saturated heterocycles. The lowest BCUT2D eigenvalue weighted by molar-refractivity contribution is -0.245. The van der Waals surface area contributed by atoms with Crippen molar-refractivity contribution in [2.24, 2.45) is 0 Å². The molecule has 0 aromatic heterocycles. The first-order valence-electron chi connectivity index (χ1n) is 9.74. The van der Waals surface area contributed by atoms with Gasteiger partial charge in [-0.1, -0.05) is 48.2 Å². The van der Waals surface area contributed by atoms with Gasteiger partial charge in [-0.25, -0.2) is 4.79 Å². The van der Waals surface area contributed by atoms with Crippen molar-refractivity contribution >= 4 is 29.1 Å². The smallest absolute Gasteiger partial charge is 0.335 e. The van der Waals surface area contributed by atoms with Gasteiger partial charge in [0.2, 0.25) is 5.78 Å². The zero-order chi connectivity index (χ0) is 22.8. The molecule has 1 atom stereocenters. The largest absolute Gasteiger partial charge is 0.872 e. The molecule has 0 saturated carbocycles. The third-order valence-corrected chi connectivity index (χ3v) is 5.29. The van der Waals surface area contributed by atoms with Gasteiger partial charge in [-0.3, -0.25) is 14.5 Å². The van der Waals surface area contributed by atoms with Gasteiger partial charge >= 0.3 is 5.97 Å². The normalized spacial score (nSPS) is 17.4. The molecule has 1 unspecified atom stereocenters. The molecular formula is C25H18NO6-. The number of hydrogen-bond donors (Lipinski definition) is 1. The number of carbonyl (C=O) groups is 3. The van der Waals surface area contributed by atoms with Crippen LogP contribution in [0.1, 0.15) is 27.5 Å². The fourth-order valence-electron chi connectivity index (χ4n) is 3.70. The second kappa shape index (κ2) is 8.39. The molecule has 7 heteroatoms. The summed E-state index contributed by atoms with van der Waals surface area (Å²) in [5, 5.41) is 22.5. The zero-order valence-electron chi connectivity index (χ0n) is 17.0. The summed E-state index contributed by atoms with van der Waals surface area (Å²) in [4.78, 5) is 38.5. The van der Waals surface area contributed by atoms with E-state index in [9.17, 15) is 19.5 Å². The fraction of sp³-hybridized carbons (Fsp3) is 0.0800. The lowest BCUT2D eigenvalue weighted by Crippen LogP contribution is -2.29. The molecule has 3 aromatic rings. The highest BCUT2D eigenvalue weighted by Crippen LogP contribution is 2.41. The Balaban J connectivity index is 1.90. The Hall–Kier alpha value is -4.39. The number of carboxylic acid groups (broad SMARTS) is 1. The van der Waals surface area contributed by atoms with Gasteiger partial charge in [-0.05, 0) is 47.5 Å². The van der Waals surface area contributed by atoms with Gasteiger partial charge in [0.15, 0.2) is 0 Å². The van der Waals surface area contributed by atoms with Gasteiger partial charge in [-0.15, -0.1) is 0 Å². The minimum absolute atomic E-state index is 0.0392. The zero-order valence-corrected chi connectivity index (χ0v) is 17.0. The maximum atomic E-state index is 13.3. The van der Waals surface area contributed by atoms with E-state index < -0.39 is 29.5 Å². The van der Waals surface area contributed by atoms with Gasteiger partial charge in [0.05, 0.1) is 18.7 Å². The van der Waals surface area contributed by atoms with E-state index in [0.717, 1.165) is 0 Å². The number of ketones is 1. The van der Waals surface area contributed by atoms with Crippen LogP contribution in [0.3, 0.4) is 0 Å². The summed E-state index contributed by atoms with van der Waals surface area (Å²) in [6.45, 7) is 0. The van der Waals surface area contributed by atoms with Gasteiger partial charge in [0.25, 0.3) is 5.91 Å². The Morgan fingerprint density at radius 2 is 1.53 bits per heavy atom. The Morgan fingerprint density at radius 3 is 2.09 bits per heavy atom. The molecule has 1 amide bonds. The van der Waals surface area contributed by atoms with Crippen molar-refractivity contribution in [3.05, 3.63) is 101 Å². The van der Waals surface area contributed by atoms with E-state index in [1.54, 1.807) is 54.6 Å². The van der Waals surface area contributed by atoms with Crippen molar-refractivity contribution in [1.82, 2.24) is 0 Å². The topological polar surface area (TPSA) is 107 Å². The van der Waals surface area contributed by atoms with E-state index >= 15 is 0 Å². The fourth-order valence-corrected chi connectivity index (χ4v) is 3.70. The van der Waals surface area contributed by atoms with Crippen molar-refractivity contribution in [1.29, 1.82) is 0 Å². The summed E-state index contributed by atoms with van der Waals surface area (Å²) in [7, 11) is 1.52. The molecule has 1 aliphatic heterocycles. The predicted molar refractivity (Wildman–Crippen MR) is 115 cm³/mol. The average Bonchev–Trinajstić information content (AvgIpc) is 3.09. The Morgan fingerprint density at radius 1 is 0.906 bits per heavy atom. The maximum absolute atomic E-state index is 13.3. The van der Waals surface area contributed by atoms with Gasteiger partial charge in [0.1, 0.15) is 5.75 Å². The molecule has 7 nitrogen and oxygen atoms in total. The van der Waals surface area contributed by atoms with Gasteiger partial charge in [0, 0.05) is 11.3 Å². The monoisotopic (exact) mass is 428 g/mol. The predicted octanol–water partition coefficient (Wildman–Crippen LogP) is 2.82. The van der Waals surface area contributed by atoms with Crippen molar-refractivity contribution < 1.29 is 29.3 Å². The molecule has 160 valence electrons. The molecule has 0 radical (unpaired) electrons. The van der Waals surface area contributed by atoms with E-state index in [0.29, 0.717) is 22.6 Å². The Kier molecular flexibility index (Phi) is 5.47. The molecule has 32 heavy (non-hydrogen) atoms. The maximum Gasteiger partial charge on any atom is 0.335 e. The second-order valence-electron chi connectivity index (χ2n) is 7.14. The van der Waals surface area contributed by atoms with Crippen LogP contribution in [0, 0.1) is 0 Å². The Bertz CT molecular complexity index is 1210. The highest BCUT2D eigenvalue weighted by molar-refractivity contribution is 6.51. The second-order valence-corrected chi connectivity index (χ2v) is 7.14. The molecule has 1 aliphatic rings. The summed E-state index contributed by atoms with van der Waals surface area (Å²) in [6, 6.07) is 19.6. The molecule has 3 aromatic carbocycles. The van der Waals surface area contributed by atoms with Crippen molar-refractivity contribution in [3.63, 3.8) is 0 Å². The van der Waals surface area contributed by atoms with Crippen molar-refractivity contribution in [2.75, 3.05) is 12.0 Å². The van der Waals surface area contributed by atoms with Crippen molar-refractivity contribution in [3.8, 4) is 5.75 Å². The molecule has 4 rings (SSSR count). The first-order chi connectivity index (χ1) is 15.4. The number of ether oxygens (including phenoxy) is 1. The standard InChI is InChI=1S/C25H19NO6/c1-32-19-13-9-15(10-14-19)21-20(22(27)16-5-3-2-4-6-16)23(28)24(29)26(21)18-11-7-17(8-12-18)25(30)31/h2-14,21,27H,1H3,(H,30,31)/p-1. The number of Topliss-reactive ketones (excluding diaryl/α,β-unsaturated/α-hetero) is 1. The van der Waals surface area contributed by atoms with Crippen LogP contribution in [0.15, 0.2) is 84.4 Å². The van der Waals surface area contributed by atoms with Crippen LogP contribution in [0.2, 0.25) is 0 Å². The first kappa shape index (κ1) is 20.9. The van der Waals surface area contributed by atoms with E-state index in [1.165, 1.54) is 36.3 Å². The van der Waals surface area contributed by atoms with Crippen molar-refractivity contribution in [2.45, 2.75) is 6.04 Å². The number of hydrogen-bond acceptors (Lipinski definition) is 5. The van der Waals surface area contributed by atoms with E-state index in [1.807, 2.05) is 0 Å². The van der Waals surface area contributed by atoms with E-state index in [4.69, 9.17) is 9.84 Å². The number of anilines is 1. The Labute approximate surface area is 183 Å². The number of amides is 1. The average molecular weight is 428 g/mol. The number of methoxy groups -OCH3 is 1. The summed E-state index contributed by atoms with van der Waals surface area (Å²) >= 11 is 0. The SMILES string of the molecule is COc1ccc(C2C(=C([O-])c3ccccc3)C(=O)C(=O)N2c2ccc(C(=O)O)cc2)cc1. The summed E-state index contributed by atoms with van der Waals surface area (Å²) in [5.74, 6) is -2.80. The summed E-state index contributed by atoms with van der Waals surface area (Å²) in [5.41, 5.74) is 1.04. The molecule has 1 N–H and O–H groups in total. The molecule has 1 fully saturated rings. The minimum atomic E-state index is -1.11. The van der Waals surface area contributed by atoms with Crippen LogP contribution >= 0.6 is 0 Å². The highest BCUT2D eigenvalue weighted by atomic mass is 16.5. The quantitative estimate of drug-likeness (QED) is 0.380. The molecule has 0 aliphatic carbocycles. The highest BCUT2D eigenvalue weighted by Gasteiger charge is 2.45.